The van der Waals surface area contributed by atoms with E-state index in [1.165, 1.54) is 21.3 Å². The van der Waals surface area contributed by atoms with Crippen LogP contribution in [-0.4, -0.2) is 39.8 Å². The number of ether oxygens (including phenoxy) is 3. The fourth-order valence-corrected chi connectivity index (χ4v) is 1.56. The number of methoxy groups -OCH3 is 3. The predicted molar refractivity (Wildman–Crippen MR) is 72.1 cm³/mol. The number of carbonyl (C=O) groups excluding carboxylic acids is 1. The minimum absolute atomic E-state index is 0.116. The maximum Gasteiger partial charge on any atom is 0.255 e. The second-order valence-electron chi connectivity index (χ2n) is 4.09. The number of amides is 1. The highest BCUT2D eigenvalue weighted by molar-refractivity contribution is 5.97. The van der Waals surface area contributed by atoms with Crippen LogP contribution in [0.3, 0.4) is 0 Å². The highest BCUT2D eigenvalue weighted by Crippen LogP contribution is 2.34. The summed E-state index contributed by atoms with van der Waals surface area (Å²) in [6.07, 6.45) is 0. The number of hydrogen-bond acceptors (Lipinski definition) is 5. The van der Waals surface area contributed by atoms with Crippen molar-refractivity contribution in [2.45, 2.75) is 13.0 Å². The first kappa shape index (κ1) is 15.1. The molecule has 1 aromatic carbocycles. The molecule has 0 heterocycles. The summed E-state index contributed by atoms with van der Waals surface area (Å²) >= 11 is 0. The van der Waals surface area contributed by atoms with E-state index in [1.54, 1.807) is 12.1 Å². The van der Waals surface area contributed by atoms with E-state index in [4.69, 9.17) is 19.9 Å². The molecular weight excluding hydrogens is 248 g/mol. The van der Waals surface area contributed by atoms with E-state index in [9.17, 15) is 4.79 Å². The smallest absolute Gasteiger partial charge is 0.255 e. The Morgan fingerprint density at radius 3 is 2.16 bits per heavy atom. The zero-order chi connectivity index (χ0) is 14.4. The van der Waals surface area contributed by atoms with Gasteiger partial charge >= 0.3 is 0 Å². The second kappa shape index (κ2) is 6.84. The summed E-state index contributed by atoms with van der Waals surface area (Å²) < 4.78 is 15.5. The van der Waals surface area contributed by atoms with Gasteiger partial charge in [-0.15, -0.1) is 0 Å². The fraction of sp³-hybridized carbons (Fsp3) is 0.462. The fourth-order valence-electron chi connectivity index (χ4n) is 1.56. The van der Waals surface area contributed by atoms with Crippen LogP contribution in [0.25, 0.3) is 0 Å². The highest BCUT2D eigenvalue weighted by atomic mass is 16.5. The Morgan fingerprint density at radius 1 is 1.16 bits per heavy atom. The molecule has 0 fully saturated rings. The third kappa shape index (κ3) is 3.75. The van der Waals surface area contributed by atoms with E-state index in [0.29, 0.717) is 29.4 Å². The lowest BCUT2D eigenvalue weighted by atomic mass is 10.1. The Balaban J connectivity index is 3.07. The van der Waals surface area contributed by atoms with Gasteiger partial charge in [0.2, 0.25) is 0 Å². The molecule has 1 rings (SSSR count). The lowest BCUT2D eigenvalue weighted by Crippen LogP contribution is -2.35. The molecule has 0 radical (unpaired) electrons. The zero-order valence-corrected chi connectivity index (χ0v) is 11.6. The summed E-state index contributed by atoms with van der Waals surface area (Å²) in [5.74, 6) is 1.12. The van der Waals surface area contributed by atoms with Gasteiger partial charge in [-0.25, -0.2) is 0 Å². The largest absolute Gasteiger partial charge is 0.496 e. The van der Waals surface area contributed by atoms with Crippen LogP contribution in [0.4, 0.5) is 0 Å². The maximum absolute atomic E-state index is 12.1. The van der Waals surface area contributed by atoms with Crippen LogP contribution in [0.5, 0.6) is 17.2 Å². The van der Waals surface area contributed by atoms with E-state index >= 15 is 0 Å². The van der Waals surface area contributed by atoms with Gasteiger partial charge in [0, 0.05) is 24.7 Å². The Morgan fingerprint density at radius 2 is 1.68 bits per heavy atom. The molecule has 0 aliphatic heterocycles. The molecule has 0 bridgehead atoms. The van der Waals surface area contributed by atoms with Crippen LogP contribution in [0.2, 0.25) is 0 Å². The van der Waals surface area contributed by atoms with Crippen LogP contribution in [0.1, 0.15) is 17.3 Å². The molecule has 1 aromatic rings. The highest BCUT2D eigenvalue weighted by Gasteiger charge is 2.17. The summed E-state index contributed by atoms with van der Waals surface area (Å²) in [5, 5.41) is 2.72. The lowest BCUT2D eigenvalue weighted by Gasteiger charge is -2.14. The van der Waals surface area contributed by atoms with Crippen molar-refractivity contribution in [3.8, 4) is 17.2 Å². The maximum atomic E-state index is 12.1. The number of rotatable bonds is 6. The van der Waals surface area contributed by atoms with Crippen LogP contribution in [0.15, 0.2) is 12.1 Å². The second-order valence-corrected chi connectivity index (χ2v) is 4.09. The molecule has 6 nitrogen and oxygen atoms in total. The van der Waals surface area contributed by atoms with E-state index in [0.717, 1.165) is 0 Å². The summed E-state index contributed by atoms with van der Waals surface area (Å²) in [4.78, 5) is 12.1. The third-order valence-corrected chi connectivity index (χ3v) is 2.53. The van der Waals surface area contributed by atoms with Gasteiger partial charge in [-0.05, 0) is 6.92 Å². The standard InChI is InChI=1S/C13H20N2O4/c1-8(14)7-15-13(16)9-5-11(18-3)12(19-4)6-10(9)17-2/h5-6,8H,7,14H2,1-4H3,(H,15,16). The lowest BCUT2D eigenvalue weighted by molar-refractivity contribution is 0.0948. The number of nitrogens with one attached hydrogen (secondary N) is 1. The van der Waals surface area contributed by atoms with E-state index in [2.05, 4.69) is 5.32 Å². The van der Waals surface area contributed by atoms with Crippen molar-refractivity contribution in [2.75, 3.05) is 27.9 Å². The first-order chi connectivity index (χ1) is 9.03. The molecule has 6 heteroatoms. The molecule has 1 unspecified atom stereocenters. The first-order valence-electron chi connectivity index (χ1n) is 5.87. The quantitative estimate of drug-likeness (QED) is 0.797. The van der Waals surface area contributed by atoms with Crippen molar-refractivity contribution in [3.63, 3.8) is 0 Å². The van der Waals surface area contributed by atoms with Crippen molar-refractivity contribution in [3.05, 3.63) is 17.7 Å². The van der Waals surface area contributed by atoms with Crippen molar-refractivity contribution >= 4 is 5.91 Å². The van der Waals surface area contributed by atoms with E-state index < -0.39 is 0 Å². The monoisotopic (exact) mass is 268 g/mol. The van der Waals surface area contributed by atoms with Gasteiger partial charge in [-0.1, -0.05) is 0 Å². The average Bonchev–Trinajstić information content (AvgIpc) is 2.42. The zero-order valence-electron chi connectivity index (χ0n) is 11.6. The topological polar surface area (TPSA) is 82.8 Å². The number of nitrogens with two attached hydrogens (primary N) is 1. The summed E-state index contributed by atoms with van der Waals surface area (Å²) in [6, 6.07) is 3.07. The first-order valence-corrected chi connectivity index (χ1v) is 5.87. The van der Waals surface area contributed by atoms with Crippen molar-refractivity contribution in [2.24, 2.45) is 5.73 Å². The molecule has 0 aromatic heterocycles. The van der Waals surface area contributed by atoms with Gasteiger partial charge in [0.05, 0.1) is 26.9 Å². The van der Waals surface area contributed by atoms with E-state index in [1.807, 2.05) is 6.92 Å². The molecule has 0 spiro atoms. The van der Waals surface area contributed by atoms with Gasteiger partial charge in [-0.2, -0.15) is 0 Å². The SMILES string of the molecule is COc1cc(OC)c(C(=O)NCC(C)N)cc1OC. The van der Waals surface area contributed by atoms with Crippen LogP contribution in [-0.2, 0) is 0 Å². The molecule has 1 amide bonds. The van der Waals surface area contributed by atoms with Crippen molar-refractivity contribution in [1.29, 1.82) is 0 Å². The molecule has 0 aliphatic rings. The summed E-state index contributed by atoms with van der Waals surface area (Å²) in [7, 11) is 4.52. The Labute approximate surface area is 112 Å². The molecule has 19 heavy (non-hydrogen) atoms. The molecular formula is C13H20N2O4. The number of carbonyl (C=O) groups is 1. The van der Waals surface area contributed by atoms with Gasteiger partial charge in [0.15, 0.2) is 11.5 Å². The normalized spacial score (nSPS) is 11.6. The van der Waals surface area contributed by atoms with Gasteiger partial charge in [0.1, 0.15) is 5.75 Å². The minimum Gasteiger partial charge on any atom is -0.496 e. The summed E-state index contributed by atoms with van der Waals surface area (Å²) in [6.45, 7) is 2.20. The van der Waals surface area contributed by atoms with Gasteiger partial charge in [-0.3, -0.25) is 4.79 Å². The average molecular weight is 268 g/mol. The summed E-state index contributed by atoms with van der Waals surface area (Å²) in [5.41, 5.74) is 5.98. The van der Waals surface area contributed by atoms with Crippen molar-refractivity contribution in [1.82, 2.24) is 5.32 Å². The molecule has 0 aliphatic carbocycles. The Kier molecular flexibility index (Phi) is 5.44. The molecule has 1 atom stereocenters. The van der Waals surface area contributed by atoms with Crippen LogP contribution in [0, 0.1) is 0 Å². The minimum atomic E-state index is -0.268. The Hall–Kier alpha value is -1.95. The van der Waals surface area contributed by atoms with Gasteiger partial charge < -0.3 is 25.3 Å². The van der Waals surface area contributed by atoms with Crippen molar-refractivity contribution < 1.29 is 19.0 Å². The third-order valence-electron chi connectivity index (χ3n) is 2.53. The molecule has 0 saturated carbocycles. The molecule has 0 saturated heterocycles. The number of hydrogen-bond donors (Lipinski definition) is 2. The predicted octanol–water partition coefficient (Wildman–Crippen LogP) is 0.789. The molecule has 106 valence electrons. The molecule has 3 N–H and O–H groups in total. The number of benzene rings is 1. The van der Waals surface area contributed by atoms with Crippen LogP contribution >= 0.6 is 0 Å². The van der Waals surface area contributed by atoms with Crippen LogP contribution < -0.4 is 25.3 Å². The Bertz CT molecular complexity index is 447. The van der Waals surface area contributed by atoms with E-state index in [-0.39, 0.29) is 11.9 Å². The van der Waals surface area contributed by atoms with Gasteiger partial charge in [0.25, 0.3) is 5.91 Å².